The van der Waals surface area contributed by atoms with Gasteiger partial charge in [-0.25, -0.2) is 12.8 Å². The molecule has 5 rings (SSSR count). The number of nitrogens with one attached hydrogen (secondary N) is 1. The van der Waals surface area contributed by atoms with E-state index in [9.17, 15) is 22.8 Å². The van der Waals surface area contributed by atoms with Crippen molar-refractivity contribution in [1.29, 1.82) is 0 Å². The molecule has 3 amide bonds. The van der Waals surface area contributed by atoms with E-state index in [0.717, 1.165) is 0 Å². The fourth-order valence-electron chi connectivity index (χ4n) is 4.76. The minimum Gasteiger partial charge on any atom is -0.367 e. The van der Waals surface area contributed by atoms with Crippen molar-refractivity contribution in [3.05, 3.63) is 58.4 Å². The van der Waals surface area contributed by atoms with Crippen molar-refractivity contribution in [3.8, 4) is 0 Å². The third-order valence-corrected chi connectivity index (χ3v) is 8.73. The molecule has 3 aliphatic rings. The number of carbonyl (C=O) groups excluding carboxylic acids is 3. The molecule has 2 fully saturated rings. The van der Waals surface area contributed by atoms with E-state index in [1.54, 1.807) is 23.1 Å². The number of hydrogen-bond acceptors (Lipinski definition) is 6. The lowest BCUT2D eigenvalue weighted by molar-refractivity contribution is -0.136. The van der Waals surface area contributed by atoms with Gasteiger partial charge in [-0.1, -0.05) is 17.7 Å². The first kappa shape index (κ1) is 23.7. The summed E-state index contributed by atoms with van der Waals surface area (Å²) in [5.41, 5.74) is 1.06. The number of carbonyl (C=O) groups is 3. The second-order valence-electron chi connectivity index (χ2n) is 8.71. The molecule has 0 spiro atoms. The number of fused-ring (bicyclic) bond motifs is 1. The lowest BCUT2D eigenvalue weighted by Crippen LogP contribution is -2.52. The molecule has 2 saturated heterocycles. The summed E-state index contributed by atoms with van der Waals surface area (Å²) >= 11 is 5.94. The van der Waals surface area contributed by atoms with Crippen LogP contribution in [0.15, 0.2) is 41.3 Å². The van der Waals surface area contributed by atoms with E-state index in [-0.39, 0.29) is 67.6 Å². The lowest BCUT2D eigenvalue weighted by atomic mass is 10.0. The number of nitrogens with zero attached hydrogens (tertiary/aromatic N) is 3. The number of piperazine rings is 1. The van der Waals surface area contributed by atoms with Crippen LogP contribution >= 0.6 is 11.6 Å². The van der Waals surface area contributed by atoms with Crippen molar-refractivity contribution in [2.45, 2.75) is 30.3 Å². The monoisotopic (exact) mass is 520 g/mol. The predicted octanol–water partition coefficient (Wildman–Crippen LogP) is 1.75. The normalized spacial score (nSPS) is 21.3. The SMILES string of the molecule is O=C1CCC(N2Cc3cc(N4CCN(S(=O)(=O)c5cccc(Cl)c5)CC4)c(F)cc3C2=O)C(=O)N1. The van der Waals surface area contributed by atoms with Crippen LogP contribution in [0.5, 0.6) is 0 Å². The Hall–Kier alpha value is -3.02. The second-order valence-corrected chi connectivity index (χ2v) is 11.1. The molecular formula is C23H22ClFN4O5S. The first-order chi connectivity index (χ1) is 16.6. The van der Waals surface area contributed by atoms with Gasteiger partial charge in [0.1, 0.15) is 11.9 Å². The topological polar surface area (TPSA) is 107 Å². The van der Waals surface area contributed by atoms with Gasteiger partial charge in [-0.15, -0.1) is 0 Å². The van der Waals surface area contributed by atoms with Crippen LogP contribution in [0.2, 0.25) is 5.02 Å². The minimum absolute atomic E-state index is 0.106. The van der Waals surface area contributed by atoms with Crippen LogP contribution in [0, 0.1) is 5.82 Å². The Morgan fingerprint density at radius 3 is 2.46 bits per heavy atom. The molecule has 0 aliphatic carbocycles. The summed E-state index contributed by atoms with van der Waals surface area (Å²) in [7, 11) is -3.73. The van der Waals surface area contributed by atoms with Crippen LogP contribution < -0.4 is 10.2 Å². The van der Waals surface area contributed by atoms with Gasteiger partial charge in [0.15, 0.2) is 0 Å². The van der Waals surface area contributed by atoms with E-state index in [1.165, 1.54) is 27.4 Å². The summed E-state index contributed by atoms with van der Waals surface area (Å²) in [6, 6.07) is 8.04. The average Bonchev–Trinajstić information content (AvgIpc) is 3.14. The van der Waals surface area contributed by atoms with Crippen molar-refractivity contribution in [1.82, 2.24) is 14.5 Å². The Kier molecular flexibility index (Phi) is 6.02. The molecule has 0 radical (unpaired) electrons. The van der Waals surface area contributed by atoms with Gasteiger partial charge in [-0.3, -0.25) is 19.7 Å². The number of anilines is 1. The Balaban J connectivity index is 1.31. The minimum atomic E-state index is -3.73. The predicted molar refractivity (Wildman–Crippen MR) is 125 cm³/mol. The zero-order chi connectivity index (χ0) is 24.9. The maximum absolute atomic E-state index is 15.1. The van der Waals surface area contributed by atoms with Crippen LogP contribution in [0.4, 0.5) is 10.1 Å². The maximum atomic E-state index is 15.1. The third kappa shape index (κ3) is 4.28. The van der Waals surface area contributed by atoms with E-state index in [2.05, 4.69) is 5.32 Å². The Labute approximate surface area is 206 Å². The van der Waals surface area contributed by atoms with Crippen molar-refractivity contribution in [2.24, 2.45) is 0 Å². The van der Waals surface area contributed by atoms with Crippen molar-refractivity contribution in [3.63, 3.8) is 0 Å². The fourth-order valence-corrected chi connectivity index (χ4v) is 6.49. The zero-order valence-electron chi connectivity index (χ0n) is 18.5. The van der Waals surface area contributed by atoms with Crippen LogP contribution in [0.1, 0.15) is 28.8 Å². The van der Waals surface area contributed by atoms with Gasteiger partial charge in [-0.2, -0.15) is 4.31 Å². The van der Waals surface area contributed by atoms with Gasteiger partial charge in [0.05, 0.1) is 10.6 Å². The maximum Gasteiger partial charge on any atom is 0.255 e. The third-order valence-electron chi connectivity index (χ3n) is 6.60. The lowest BCUT2D eigenvalue weighted by Gasteiger charge is -2.35. The summed E-state index contributed by atoms with van der Waals surface area (Å²) in [5, 5.41) is 2.57. The van der Waals surface area contributed by atoms with Crippen LogP contribution in [-0.2, 0) is 26.2 Å². The molecule has 2 aromatic rings. The number of benzene rings is 2. The summed E-state index contributed by atoms with van der Waals surface area (Å²) in [5.74, 6) is -1.94. The van der Waals surface area contributed by atoms with Crippen LogP contribution in [-0.4, -0.2) is 67.6 Å². The first-order valence-corrected chi connectivity index (χ1v) is 12.9. The van der Waals surface area contributed by atoms with Crippen molar-refractivity contribution < 1.29 is 27.2 Å². The molecule has 1 N–H and O–H groups in total. The van der Waals surface area contributed by atoms with Gasteiger partial charge in [-0.05, 0) is 42.3 Å². The van der Waals surface area contributed by atoms with E-state index in [4.69, 9.17) is 11.6 Å². The highest BCUT2D eigenvalue weighted by molar-refractivity contribution is 7.89. The quantitative estimate of drug-likeness (QED) is 0.616. The van der Waals surface area contributed by atoms with Crippen LogP contribution in [0.3, 0.4) is 0 Å². The molecule has 3 aliphatic heterocycles. The Morgan fingerprint density at radius 1 is 1.03 bits per heavy atom. The number of imide groups is 1. The highest BCUT2D eigenvalue weighted by Crippen LogP contribution is 2.33. The van der Waals surface area contributed by atoms with Gasteiger partial charge in [0.25, 0.3) is 5.91 Å². The molecule has 184 valence electrons. The van der Waals surface area contributed by atoms with Gasteiger partial charge in [0, 0.05) is 49.7 Å². The van der Waals surface area contributed by atoms with E-state index >= 15 is 4.39 Å². The number of rotatable bonds is 4. The smallest absolute Gasteiger partial charge is 0.255 e. The number of halogens is 2. The van der Waals surface area contributed by atoms with E-state index in [0.29, 0.717) is 10.6 Å². The molecule has 0 saturated carbocycles. The summed E-state index contributed by atoms with van der Waals surface area (Å²) in [6.45, 7) is 0.983. The number of amides is 3. The largest absolute Gasteiger partial charge is 0.367 e. The molecule has 1 atom stereocenters. The molecule has 3 heterocycles. The molecule has 2 aromatic carbocycles. The first-order valence-electron chi connectivity index (χ1n) is 11.1. The standard InChI is InChI=1S/C23H22ClFN4O5S/c24-15-2-1-3-16(11-15)35(33,34)28-8-6-27(7-9-28)20-10-14-13-29(23(32)17(14)12-18(20)25)19-4-5-21(30)26-22(19)31/h1-3,10-12,19H,4-9,13H2,(H,26,30,31). The van der Waals surface area contributed by atoms with Gasteiger partial charge < -0.3 is 9.80 Å². The summed E-state index contributed by atoms with van der Waals surface area (Å²) in [6.07, 6.45) is 0.362. The molecule has 0 bridgehead atoms. The summed E-state index contributed by atoms with van der Waals surface area (Å²) < 4.78 is 42.3. The highest BCUT2D eigenvalue weighted by atomic mass is 35.5. The van der Waals surface area contributed by atoms with Crippen molar-refractivity contribution >= 4 is 45.0 Å². The molecule has 35 heavy (non-hydrogen) atoms. The second kappa shape index (κ2) is 8.89. The fraction of sp³-hybridized carbons (Fsp3) is 0.348. The average molecular weight is 521 g/mol. The Morgan fingerprint density at radius 2 is 1.77 bits per heavy atom. The van der Waals surface area contributed by atoms with E-state index in [1.807, 2.05) is 0 Å². The zero-order valence-corrected chi connectivity index (χ0v) is 20.1. The van der Waals surface area contributed by atoms with E-state index < -0.39 is 33.7 Å². The Bertz CT molecular complexity index is 1340. The van der Waals surface area contributed by atoms with Gasteiger partial charge >= 0.3 is 0 Å². The molecule has 0 aromatic heterocycles. The number of piperidine rings is 1. The molecular weight excluding hydrogens is 499 g/mol. The number of sulfonamides is 1. The van der Waals surface area contributed by atoms with Gasteiger partial charge in [0.2, 0.25) is 21.8 Å². The van der Waals surface area contributed by atoms with Crippen molar-refractivity contribution in [2.75, 3.05) is 31.1 Å². The molecule has 12 heteroatoms. The summed E-state index contributed by atoms with van der Waals surface area (Å²) in [4.78, 5) is 39.8. The molecule has 1 unspecified atom stereocenters. The number of hydrogen-bond donors (Lipinski definition) is 1. The molecule has 9 nitrogen and oxygen atoms in total. The van der Waals surface area contributed by atoms with Crippen LogP contribution in [0.25, 0.3) is 0 Å². The highest BCUT2D eigenvalue weighted by Gasteiger charge is 2.40.